The molecule has 0 spiro atoms. The zero-order chi connectivity index (χ0) is 27.6. The van der Waals surface area contributed by atoms with Crippen LogP contribution in [0.5, 0.6) is 5.75 Å². The van der Waals surface area contributed by atoms with Crippen LogP contribution in [-0.2, 0) is 17.9 Å². The summed E-state index contributed by atoms with van der Waals surface area (Å²) >= 11 is 0. The van der Waals surface area contributed by atoms with Gasteiger partial charge in [-0.2, -0.15) is 5.11 Å². The molecule has 3 aromatic carbocycles. The molecular formula is C31H38N4O3. The zero-order valence-corrected chi connectivity index (χ0v) is 23.2. The summed E-state index contributed by atoms with van der Waals surface area (Å²) in [6, 6.07) is 16.5. The maximum Gasteiger partial charge on any atom is 0.304 e. The predicted molar refractivity (Wildman–Crippen MR) is 151 cm³/mol. The summed E-state index contributed by atoms with van der Waals surface area (Å²) in [7, 11) is 1.79. The molecule has 3 N–H and O–H groups in total. The van der Waals surface area contributed by atoms with E-state index in [9.17, 15) is 9.90 Å². The van der Waals surface area contributed by atoms with Gasteiger partial charge in [-0.1, -0.05) is 36.4 Å². The maximum absolute atomic E-state index is 12.0. The first-order valence-electron chi connectivity index (χ1n) is 13.0. The van der Waals surface area contributed by atoms with Crippen LogP contribution in [0.3, 0.4) is 0 Å². The zero-order valence-electron chi connectivity index (χ0n) is 23.2. The van der Waals surface area contributed by atoms with Crippen LogP contribution in [0, 0.1) is 26.3 Å². The van der Waals surface area contributed by atoms with Crippen LogP contribution in [0.2, 0.25) is 0 Å². The second kappa shape index (κ2) is 11.0. The molecule has 7 heteroatoms. The van der Waals surface area contributed by atoms with Gasteiger partial charge in [0.05, 0.1) is 12.1 Å². The number of ether oxygens (including phenoxy) is 1. The van der Waals surface area contributed by atoms with Crippen molar-refractivity contribution >= 4 is 17.3 Å². The molecule has 0 amide bonds. The van der Waals surface area contributed by atoms with Crippen LogP contribution in [0.4, 0.5) is 11.4 Å². The molecule has 7 nitrogen and oxygen atoms in total. The molecule has 0 aliphatic carbocycles. The number of fused-ring (bicyclic) bond motifs is 1. The van der Waals surface area contributed by atoms with Crippen LogP contribution in [0.1, 0.15) is 65.1 Å². The molecule has 0 saturated heterocycles. The molecule has 38 heavy (non-hydrogen) atoms. The lowest BCUT2D eigenvalue weighted by Gasteiger charge is -2.30. The third-order valence-corrected chi connectivity index (χ3v) is 7.38. The molecule has 1 aliphatic rings. The van der Waals surface area contributed by atoms with E-state index >= 15 is 0 Å². The van der Waals surface area contributed by atoms with E-state index in [-0.39, 0.29) is 17.9 Å². The lowest BCUT2D eigenvalue weighted by Crippen LogP contribution is -2.40. The molecule has 1 aliphatic heterocycles. The molecule has 0 aromatic heterocycles. The van der Waals surface area contributed by atoms with Crippen LogP contribution in [-0.4, -0.2) is 35.2 Å². The number of anilines is 1. The summed E-state index contributed by atoms with van der Waals surface area (Å²) in [5.41, 5.74) is 16.0. The molecule has 0 radical (unpaired) electrons. The van der Waals surface area contributed by atoms with Crippen molar-refractivity contribution in [2.75, 3.05) is 18.9 Å². The van der Waals surface area contributed by atoms with E-state index in [1.807, 2.05) is 25.1 Å². The fourth-order valence-corrected chi connectivity index (χ4v) is 5.50. The van der Waals surface area contributed by atoms with Crippen LogP contribution >= 0.6 is 0 Å². The quantitative estimate of drug-likeness (QED) is 0.279. The Hall–Kier alpha value is -3.71. The van der Waals surface area contributed by atoms with Gasteiger partial charge in [-0.3, -0.25) is 9.69 Å². The van der Waals surface area contributed by atoms with Gasteiger partial charge in [-0.25, -0.2) is 5.53 Å². The van der Waals surface area contributed by atoms with Crippen molar-refractivity contribution in [1.82, 2.24) is 4.90 Å². The summed E-state index contributed by atoms with van der Waals surface area (Å²) < 4.78 is 6.40. The number of aliphatic carboxylic acids is 1. The number of hydrogen-bond acceptors (Lipinski definition) is 6. The number of carboxylic acids is 1. The minimum Gasteiger partial charge on any atom is -0.486 e. The third kappa shape index (κ3) is 5.89. The van der Waals surface area contributed by atoms with Gasteiger partial charge in [-0.15, -0.1) is 0 Å². The minimum atomic E-state index is -0.864. The Kier molecular flexibility index (Phi) is 7.88. The second-order valence-electron chi connectivity index (χ2n) is 11.0. The smallest absolute Gasteiger partial charge is 0.304 e. The van der Waals surface area contributed by atoms with E-state index in [1.165, 1.54) is 22.3 Å². The molecule has 1 heterocycles. The number of carbonyl (C=O) groups is 1. The largest absolute Gasteiger partial charge is 0.486 e. The van der Waals surface area contributed by atoms with E-state index in [0.717, 1.165) is 47.8 Å². The van der Waals surface area contributed by atoms with E-state index in [0.29, 0.717) is 5.69 Å². The van der Waals surface area contributed by atoms with Gasteiger partial charge in [-0.05, 0) is 80.1 Å². The Bertz CT molecular complexity index is 1370. The topological polar surface area (TPSA) is 98.0 Å². The van der Waals surface area contributed by atoms with Crippen molar-refractivity contribution in [3.05, 3.63) is 87.5 Å². The van der Waals surface area contributed by atoms with Gasteiger partial charge in [0.25, 0.3) is 0 Å². The maximum atomic E-state index is 12.0. The third-order valence-electron chi connectivity index (χ3n) is 7.38. The van der Waals surface area contributed by atoms with Gasteiger partial charge in [0.1, 0.15) is 17.0 Å². The summed E-state index contributed by atoms with van der Waals surface area (Å²) in [5.74, 6) is -0.275. The molecule has 3 aromatic rings. The Labute approximate surface area is 225 Å². The summed E-state index contributed by atoms with van der Waals surface area (Å²) in [6.07, 6.45) is -0.0446. The van der Waals surface area contributed by atoms with Crippen molar-refractivity contribution in [1.29, 1.82) is 5.53 Å². The van der Waals surface area contributed by atoms with Crippen molar-refractivity contribution in [3.8, 4) is 5.75 Å². The van der Waals surface area contributed by atoms with Gasteiger partial charge < -0.3 is 15.2 Å². The number of nitrogens with one attached hydrogen (secondary N) is 2. The van der Waals surface area contributed by atoms with Gasteiger partial charge in [0.2, 0.25) is 0 Å². The van der Waals surface area contributed by atoms with Gasteiger partial charge in [0, 0.05) is 38.2 Å². The standard InChI is InChI=1S/C31H38N4O3/c1-19-7-9-23-16-35(18-31(4,5)38-28(23)13-19)17-24-14-22(10-8-20(24)2)26(15-29(36)37)25-11-12-27(33-6)30(34-32)21(25)3/h7-14,26,32-33H,15-18H2,1-6H3,(H,36,37)/t26-/m1/s1. The lowest BCUT2D eigenvalue weighted by molar-refractivity contribution is -0.137. The molecule has 200 valence electrons. The summed E-state index contributed by atoms with van der Waals surface area (Å²) in [5, 5.41) is 16.6. The molecule has 4 rings (SSSR count). The van der Waals surface area contributed by atoms with Crippen molar-refractivity contribution in [2.45, 2.75) is 65.6 Å². The van der Waals surface area contributed by atoms with E-state index in [1.54, 1.807) is 7.05 Å². The minimum absolute atomic E-state index is 0.0446. The number of rotatable bonds is 8. The predicted octanol–water partition coefficient (Wildman–Crippen LogP) is 7.10. The van der Waals surface area contributed by atoms with E-state index in [4.69, 9.17) is 10.3 Å². The summed E-state index contributed by atoms with van der Waals surface area (Å²) in [6.45, 7) is 12.6. The van der Waals surface area contributed by atoms with Gasteiger partial charge >= 0.3 is 5.97 Å². The van der Waals surface area contributed by atoms with Crippen LogP contribution in [0.25, 0.3) is 0 Å². The van der Waals surface area contributed by atoms with E-state index < -0.39 is 5.97 Å². The molecule has 0 unspecified atom stereocenters. The average Bonchev–Trinajstić information content (AvgIpc) is 2.97. The Morgan fingerprint density at radius 1 is 1.16 bits per heavy atom. The fourth-order valence-electron chi connectivity index (χ4n) is 5.50. The monoisotopic (exact) mass is 514 g/mol. The van der Waals surface area contributed by atoms with Crippen molar-refractivity contribution < 1.29 is 14.6 Å². The molecule has 0 fully saturated rings. The van der Waals surface area contributed by atoms with Crippen LogP contribution < -0.4 is 10.1 Å². The van der Waals surface area contributed by atoms with Crippen molar-refractivity contribution in [2.24, 2.45) is 5.11 Å². The van der Waals surface area contributed by atoms with Crippen LogP contribution in [0.15, 0.2) is 53.6 Å². The number of hydrogen-bond donors (Lipinski definition) is 3. The van der Waals surface area contributed by atoms with E-state index in [2.05, 4.69) is 73.4 Å². The first-order valence-corrected chi connectivity index (χ1v) is 13.0. The fraction of sp³-hybridized carbons (Fsp3) is 0.387. The number of nitrogens with zero attached hydrogens (tertiary/aromatic N) is 2. The lowest BCUT2D eigenvalue weighted by atomic mass is 9.84. The molecular weight excluding hydrogens is 476 g/mol. The number of benzene rings is 3. The number of aryl methyl sites for hydroxylation is 2. The highest BCUT2D eigenvalue weighted by molar-refractivity contribution is 5.73. The van der Waals surface area contributed by atoms with Gasteiger partial charge in [0.15, 0.2) is 0 Å². The second-order valence-corrected chi connectivity index (χ2v) is 11.0. The molecule has 0 bridgehead atoms. The average molecular weight is 515 g/mol. The van der Waals surface area contributed by atoms with Crippen molar-refractivity contribution in [3.63, 3.8) is 0 Å². The highest BCUT2D eigenvalue weighted by Gasteiger charge is 2.30. The first kappa shape index (κ1) is 27.3. The molecule has 0 saturated carbocycles. The Balaban J connectivity index is 1.71. The highest BCUT2D eigenvalue weighted by Crippen LogP contribution is 2.39. The highest BCUT2D eigenvalue weighted by atomic mass is 16.5. The normalized spacial score (nSPS) is 15.6. The number of carboxylic acid groups (broad SMARTS) is 1. The first-order chi connectivity index (χ1) is 18.0. The Morgan fingerprint density at radius 3 is 2.61 bits per heavy atom. The SMILES string of the molecule is CNc1ccc([C@H](CC(=O)O)c2ccc(C)c(CN3Cc4ccc(C)cc4OC(C)(C)C3)c2)c(C)c1N=N. The Morgan fingerprint density at radius 2 is 1.92 bits per heavy atom. The molecule has 1 atom stereocenters. The summed E-state index contributed by atoms with van der Waals surface area (Å²) in [4.78, 5) is 14.4.